The van der Waals surface area contributed by atoms with Crippen molar-refractivity contribution in [3.63, 3.8) is 0 Å². The lowest BCUT2D eigenvalue weighted by atomic mass is 10.2. The highest BCUT2D eigenvalue weighted by molar-refractivity contribution is 9.10. The van der Waals surface area contributed by atoms with Gasteiger partial charge in [-0.1, -0.05) is 0 Å². The van der Waals surface area contributed by atoms with E-state index in [0.717, 1.165) is 13.0 Å². The number of nitrogens with zero attached hydrogens (tertiary/aromatic N) is 2. The highest BCUT2D eigenvalue weighted by Gasteiger charge is 2.23. The predicted molar refractivity (Wildman–Crippen MR) is 80.7 cm³/mol. The standard InChI is InChI=1S/C14H19BrFN3O2/c1-2-19(9-11-3-5-21-6-4-17-11)14(20)13-12(16)7-10(15)8-18-13/h7-8,11,17H,2-6,9H2,1H3. The molecule has 1 N–H and O–H groups in total. The van der Waals surface area contributed by atoms with Gasteiger partial charge in [0.25, 0.3) is 5.91 Å². The third-order valence-corrected chi connectivity index (χ3v) is 3.84. The van der Waals surface area contributed by atoms with Gasteiger partial charge in [-0.05, 0) is 35.3 Å². The maximum atomic E-state index is 13.9. The summed E-state index contributed by atoms with van der Waals surface area (Å²) in [6, 6.07) is 1.42. The molecule has 0 aromatic carbocycles. The quantitative estimate of drug-likeness (QED) is 0.890. The minimum atomic E-state index is -0.606. The minimum absolute atomic E-state index is 0.134. The molecule has 5 nitrogen and oxygen atoms in total. The van der Waals surface area contributed by atoms with Crippen LogP contribution in [0, 0.1) is 5.82 Å². The van der Waals surface area contributed by atoms with E-state index in [9.17, 15) is 9.18 Å². The van der Waals surface area contributed by atoms with Gasteiger partial charge in [0.15, 0.2) is 11.5 Å². The Bertz CT molecular complexity index is 493. The third kappa shape index (κ3) is 4.46. The molecule has 0 bridgehead atoms. The van der Waals surface area contributed by atoms with Crippen molar-refractivity contribution in [3.8, 4) is 0 Å². The lowest BCUT2D eigenvalue weighted by molar-refractivity contribution is 0.0733. The average molecular weight is 360 g/mol. The second kappa shape index (κ2) is 7.82. The highest BCUT2D eigenvalue weighted by Crippen LogP contribution is 2.14. The van der Waals surface area contributed by atoms with Gasteiger partial charge in [-0.15, -0.1) is 0 Å². The number of nitrogens with one attached hydrogen (secondary N) is 1. The summed E-state index contributed by atoms with van der Waals surface area (Å²) in [7, 11) is 0. The Balaban J connectivity index is 2.06. The molecule has 1 atom stereocenters. The Morgan fingerprint density at radius 1 is 1.62 bits per heavy atom. The molecular weight excluding hydrogens is 341 g/mol. The first-order valence-electron chi connectivity index (χ1n) is 7.03. The second-order valence-corrected chi connectivity index (χ2v) is 5.80. The molecule has 1 aromatic rings. The van der Waals surface area contributed by atoms with Gasteiger partial charge in [0.1, 0.15) is 0 Å². The second-order valence-electron chi connectivity index (χ2n) is 4.88. The van der Waals surface area contributed by atoms with E-state index in [1.807, 2.05) is 6.92 Å². The number of carbonyl (C=O) groups is 1. The number of ether oxygens (including phenoxy) is 1. The smallest absolute Gasteiger partial charge is 0.275 e. The van der Waals surface area contributed by atoms with Crippen LogP contribution in [-0.4, -0.2) is 54.7 Å². The van der Waals surface area contributed by atoms with Crippen molar-refractivity contribution >= 4 is 21.8 Å². The predicted octanol–water partition coefficient (Wildman–Crippen LogP) is 1.82. The maximum absolute atomic E-state index is 13.9. The number of aromatic nitrogens is 1. The van der Waals surface area contributed by atoms with Crippen LogP contribution >= 0.6 is 15.9 Å². The fourth-order valence-electron chi connectivity index (χ4n) is 2.26. The monoisotopic (exact) mass is 359 g/mol. The topological polar surface area (TPSA) is 54.5 Å². The summed E-state index contributed by atoms with van der Waals surface area (Å²) in [5.41, 5.74) is -0.134. The zero-order valence-electron chi connectivity index (χ0n) is 11.9. The zero-order chi connectivity index (χ0) is 15.2. The summed E-state index contributed by atoms with van der Waals surface area (Å²) < 4.78 is 19.8. The van der Waals surface area contributed by atoms with Gasteiger partial charge in [0.2, 0.25) is 0 Å². The number of hydrogen-bond acceptors (Lipinski definition) is 4. The first-order chi connectivity index (χ1) is 10.1. The molecule has 1 amide bonds. The average Bonchev–Trinajstić information content (AvgIpc) is 2.72. The third-order valence-electron chi connectivity index (χ3n) is 3.41. The van der Waals surface area contributed by atoms with Gasteiger partial charge >= 0.3 is 0 Å². The van der Waals surface area contributed by atoms with E-state index in [0.29, 0.717) is 30.8 Å². The van der Waals surface area contributed by atoms with Crippen molar-refractivity contribution in [1.29, 1.82) is 0 Å². The number of rotatable bonds is 4. The molecule has 0 saturated carbocycles. The normalized spacial score (nSPS) is 19.1. The van der Waals surface area contributed by atoms with Crippen LogP contribution in [-0.2, 0) is 4.74 Å². The van der Waals surface area contributed by atoms with Crippen molar-refractivity contribution in [2.45, 2.75) is 19.4 Å². The van der Waals surface area contributed by atoms with Gasteiger partial charge < -0.3 is 15.0 Å². The largest absolute Gasteiger partial charge is 0.380 e. The van der Waals surface area contributed by atoms with Crippen LogP contribution in [0.4, 0.5) is 4.39 Å². The molecule has 116 valence electrons. The molecule has 1 fully saturated rings. The molecule has 1 aromatic heterocycles. The number of carbonyl (C=O) groups excluding carboxylic acids is 1. The van der Waals surface area contributed by atoms with Crippen LogP contribution in [0.5, 0.6) is 0 Å². The van der Waals surface area contributed by atoms with E-state index in [-0.39, 0.29) is 17.6 Å². The molecule has 1 aliphatic heterocycles. The maximum Gasteiger partial charge on any atom is 0.275 e. The van der Waals surface area contributed by atoms with E-state index in [1.165, 1.54) is 12.3 Å². The van der Waals surface area contributed by atoms with Crippen molar-refractivity contribution in [2.24, 2.45) is 0 Å². The number of halogens is 2. The minimum Gasteiger partial charge on any atom is -0.380 e. The molecule has 1 unspecified atom stereocenters. The molecule has 1 saturated heterocycles. The summed E-state index contributed by atoms with van der Waals surface area (Å²) in [5, 5.41) is 3.34. The zero-order valence-corrected chi connectivity index (χ0v) is 13.5. The Hall–Kier alpha value is -1.05. The van der Waals surface area contributed by atoms with E-state index in [1.54, 1.807) is 4.90 Å². The van der Waals surface area contributed by atoms with Crippen molar-refractivity contribution in [1.82, 2.24) is 15.2 Å². The van der Waals surface area contributed by atoms with Crippen molar-refractivity contribution < 1.29 is 13.9 Å². The van der Waals surface area contributed by atoms with Crippen LogP contribution in [0.3, 0.4) is 0 Å². The molecule has 21 heavy (non-hydrogen) atoms. The number of likely N-dealkylation sites (N-methyl/N-ethyl adjacent to an activating group) is 1. The Labute approximate surface area is 132 Å². The number of pyridine rings is 1. The fraction of sp³-hybridized carbons (Fsp3) is 0.571. The van der Waals surface area contributed by atoms with Gasteiger partial charge in [-0.25, -0.2) is 9.37 Å². The van der Waals surface area contributed by atoms with Crippen LogP contribution < -0.4 is 5.32 Å². The van der Waals surface area contributed by atoms with Gasteiger partial charge in [-0.2, -0.15) is 0 Å². The highest BCUT2D eigenvalue weighted by atomic mass is 79.9. The summed E-state index contributed by atoms with van der Waals surface area (Å²) in [5.74, 6) is -0.987. The fourth-order valence-corrected chi connectivity index (χ4v) is 2.57. The van der Waals surface area contributed by atoms with Gasteiger partial charge in [-0.3, -0.25) is 4.79 Å². The molecule has 0 radical (unpaired) electrons. The van der Waals surface area contributed by atoms with Crippen LogP contribution in [0.1, 0.15) is 23.8 Å². The molecule has 1 aliphatic rings. The molecule has 0 spiro atoms. The Morgan fingerprint density at radius 3 is 3.14 bits per heavy atom. The van der Waals surface area contributed by atoms with Crippen molar-refractivity contribution in [2.75, 3.05) is 32.8 Å². The molecule has 0 aliphatic carbocycles. The lowest BCUT2D eigenvalue weighted by Gasteiger charge is -2.26. The Kier molecular flexibility index (Phi) is 6.08. The summed E-state index contributed by atoms with van der Waals surface area (Å²) >= 11 is 3.14. The summed E-state index contributed by atoms with van der Waals surface area (Å²) in [6.07, 6.45) is 2.27. The van der Waals surface area contributed by atoms with Gasteiger partial charge in [0.05, 0.1) is 6.61 Å². The van der Waals surface area contributed by atoms with Crippen molar-refractivity contribution in [3.05, 3.63) is 28.2 Å². The SMILES string of the molecule is CCN(CC1CCOCCN1)C(=O)c1ncc(Br)cc1F. The molecule has 2 rings (SSSR count). The van der Waals surface area contributed by atoms with Crippen LogP contribution in [0.25, 0.3) is 0 Å². The lowest BCUT2D eigenvalue weighted by Crippen LogP contribution is -2.44. The Morgan fingerprint density at radius 2 is 2.43 bits per heavy atom. The first kappa shape index (κ1) is 16.3. The molecular formula is C14H19BrFN3O2. The van der Waals surface area contributed by atoms with Crippen LogP contribution in [0.2, 0.25) is 0 Å². The summed E-state index contributed by atoms with van der Waals surface area (Å²) in [6.45, 7) is 5.03. The summed E-state index contributed by atoms with van der Waals surface area (Å²) in [4.78, 5) is 17.9. The number of hydrogen-bond donors (Lipinski definition) is 1. The van der Waals surface area contributed by atoms with Gasteiger partial charge in [0, 0.05) is 43.0 Å². The number of amides is 1. The first-order valence-corrected chi connectivity index (χ1v) is 7.82. The van der Waals surface area contributed by atoms with E-state index < -0.39 is 5.82 Å². The van der Waals surface area contributed by atoms with E-state index in [4.69, 9.17) is 4.74 Å². The molecule has 2 heterocycles. The van der Waals surface area contributed by atoms with E-state index >= 15 is 0 Å². The van der Waals surface area contributed by atoms with Crippen LogP contribution in [0.15, 0.2) is 16.7 Å². The van der Waals surface area contributed by atoms with E-state index in [2.05, 4.69) is 26.2 Å². The molecule has 7 heteroatoms.